The fraction of sp³-hybridized carbons (Fsp3) is 0.588. The number of benzene rings is 1. The van der Waals surface area contributed by atoms with Crippen LogP contribution in [0.5, 0.6) is 5.75 Å². The Labute approximate surface area is 132 Å². The van der Waals surface area contributed by atoms with Crippen LogP contribution < -0.4 is 5.32 Å². The van der Waals surface area contributed by atoms with Crippen LogP contribution in [-0.4, -0.2) is 40.8 Å². The Morgan fingerprint density at radius 2 is 2.14 bits per heavy atom. The van der Waals surface area contributed by atoms with Gasteiger partial charge in [0.25, 0.3) is 0 Å². The highest BCUT2D eigenvalue weighted by Crippen LogP contribution is 2.23. The standard InChI is InChI=1S/C17H26N2O3/c1-12-10-13(7-8-15(12)20)18-14-6-5-9-19(11-14)16(21)22-17(2,3)4/h7-8,10,14,18,20H,5-6,9,11H2,1-4H3. The molecule has 1 saturated heterocycles. The molecule has 1 heterocycles. The van der Waals surface area contributed by atoms with Gasteiger partial charge >= 0.3 is 6.09 Å². The van der Waals surface area contributed by atoms with Crippen molar-refractivity contribution in [2.45, 2.75) is 52.2 Å². The zero-order chi connectivity index (χ0) is 16.3. The Bertz CT molecular complexity index is 537. The van der Waals surface area contributed by atoms with Crippen molar-refractivity contribution in [2.24, 2.45) is 0 Å². The van der Waals surface area contributed by atoms with Gasteiger partial charge in [0.05, 0.1) is 0 Å². The normalized spacial score (nSPS) is 18.9. The van der Waals surface area contributed by atoms with Crippen LogP contribution >= 0.6 is 0 Å². The molecule has 0 radical (unpaired) electrons. The molecule has 5 heteroatoms. The second-order valence-corrected chi connectivity index (χ2v) is 6.91. The summed E-state index contributed by atoms with van der Waals surface area (Å²) < 4.78 is 5.44. The summed E-state index contributed by atoms with van der Waals surface area (Å²) in [6, 6.07) is 5.66. The monoisotopic (exact) mass is 306 g/mol. The largest absolute Gasteiger partial charge is 0.508 e. The third-order valence-corrected chi connectivity index (χ3v) is 3.64. The lowest BCUT2D eigenvalue weighted by Crippen LogP contribution is -2.46. The first kappa shape index (κ1) is 16.5. The Kier molecular flexibility index (Phi) is 4.84. The van der Waals surface area contributed by atoms with Gasteiger partial charge in [-0.25, -0.2) is 4.79 Å². The number of likely N-dealkylation sites (tertiary alicyclic amines) is 1. The van der Waals surface area contributed by atoms with Gasteiger partial charge in [-0.2, -0.15) is 0 Å². The minimum Gasteiger partial charge on any atom is -0.508 e. The van der Waals surface area contributed by atoms with Gasteiger partial charge in [-0.05, 0) is 64.3 Å². The Hall–Kier alpha value is -1.91. The maximum atomic E-state index is 12.2. The first-order chi connectivity index (χ1) is 10.2. The van der Waals surface area contributed by atoms with Crippen molar-refractivity contribution in [1.82, 2.24) is 4.90 Å². The third-order valence-electron chi connectivity index (χ3n) is 3.64. The van der Waals surface area contributed by atoms with E-state index in [1.165, 1.54) is 0 Å². The first-order valence-corrected chi connectivity index (χ1v) is 7.79. The van der Waals surface area contributed by atoms with Crippen LogP contribution in [0.2, 0.25) is 0 Å². The summed E-state index contributed by atoms with van der Waals surface area (Å²) in [6.07, 6.45) is 1.72. The summed E-state index contributed by atoms with van der Waals surface area (Å²) in [5, 5.41) is 13.0. The highest BCUT2D eigenvalue weighted by atomic mass is 16.6. The number of amides is 1. The number of hydrogen-bond donors (Lipinski definition) is 2. The topological polar surface area (TPSA) is 61.8 Å². The van der Waals surface area contributed by atoms with E-state index in [1.807, 2.05) is 39.8 Å². The molecule has 5 nitrogen and oxygen atoms in total. The molecule has 1 aliphatic rings. The average molecular weight is 306 g/mol. The minimum atomic E-state index is -0.467. The number of aryl methyl sites for hydroxylation is 1. The molecule has 1 fully saturated rings. The number of nitrogens with one attached hydrogen (secondary N) is 1. The van der Waals surface area contributed by atoms with Gasteiger partial charge in [-0.3, -0.25) is 0 Å². The van der Waals surface area contributed by atoms with E-state index in [0.717, 1.165) is 30.6 Å². The van der Waals surface area contributed by atoms with E-state index < -0.39 is 5.60 Å². The molecular weight excluding hydrogens is 280 g/mol. The van der Waals surface area contributed by atoms with Crippen LogP contribution in [0.3, 0.4) is 0 Å². The van der Waals surface area contributed by atoms with Crippen LogP contribution in [0, 0.1) is 6.92 Å². The van der Waals surface area contributed by atoms with E-state index in [4.69, 9.17) is 4.74 Å². The number of carbonyl (C=O) groups is 1. The second-order valence-electron chi connectivity index (χ2n) is 6.91. The van der Waals surface area contributed by atoms with Crippen molar-refractivity contribution < 1.29 is 14.6 Å². The predicted molar refractivity (Wildman–Crippen MR) is 87.3 cm³/mol. The Morgan fingerprint density at radius 3 is 2.77 bits per heavy atom. The van der Waals surface area contributed by atoms with E-state index in [0.29, 0.717) is 12.3 Å². The van der Waals surface area contributed by atoms with Crippen LogP contribution in [0.1, 0.15) is 39.2 Å². The molecule has 1 amide bonds. The van der Waals surface area contributed by atoms with Gasteiger partial charge in [0.1, 0.15) is 11.4 Å². The van der Waals surface area contributed by atoms with E-state index in [1.54, 1.807) is 11.0 Å². The highest BCUT2D eigenvalue weighted by Gasteiger charge is 2.27. The molecule has 0 spiro atoms. The van der Waals surface area contributed by atoms with Crippen molar-refractivity contribution in [3.05, 3.63) is 23.8 Å². The quantitative estimate of drug-likeness (QED) is 0.821. The van der Waals surface area contributed by atoms with Crippen LogP contribution in [0.15, 0.2) is 18.2 Å². The molecular formula is C17H26N2O3. The van der Waals surface area contributed by atoms with E-state index in [2.05, 4.69) is 5.32 Å². The molecule has 0 aliphatic carbocycles. The van der Waals surface area contributed by atoms with E-state index >= 15 is 0 Å². The van der Waals surface area contributed by atoms with Crippen LogP contribution in [-0.2, 0) is 4.74 Å². The number of ether oxygens (including phenoxy) is 1. The zero-order valence-electron chi connectivity index (χ0n) is 13.8. The molecule has 2 N–H and O–H groups in total. The molecule has 0 saturated carbocycles. The van der Waals surface area contributed by atoms with Crippen molar-refractivity contribution in [3.63, 3.8) is 0 Å². The minimum absolute atomic E-state index is 0.199. The molecule has 1 aromatic rings. The van der Waals surface area contributed by atoms with Gasteiger partial charge in [0, 0.05) is 24.8 Å². The highest BCUT2D eigenvalue weighted by molar-refractivity contribution is 5.68. The second kappa shape index (κ2) is 6.46. The average Bonchev–Trinajstić information content (AvgIpc) is 2.41. The van der Waals surface area contributed by atoms with Gasteiger partial charge < -0.3 is 20.1 Å². The van der Waals surface area contributed by atoms with Crippen molar-refractivity contribution in [1.29, 1.82) is 0 Å². The molecule has 0 aromatic heterocycles. The van der Waals surface area contributed by atoms with E-state index in [9.17, 15) is 9.90 Å². The summed E-state index contributed by atoms with van der Waals surface area (Å²) >= 11 is 0. The fourth-order valence-electron chi connectivity index (χ4n) is 2.57. The fourth-order valence-corrected chi connectivity index (χ4v) is 2.57. The summed E-state index contributed by atoms with van der Waals surface area (Å²) in [5.41, 5.74) is 1.34. The Balaban J connectivity index is 1.95. The van der Waals surface area contributed by atoms with Crippen LogP contribution in [0.4, 0.5) is 10.5 Å². The molecule has 122 valence electrons. The summed E-state index contributed by atoms with van der Waals surface area (Å²) in [4.78, 5) is 13.9. The van der Waals surface area contributed by atoms with Crippen molar-refractivity contribution in [3.8, 4) is 5.75 Å². The molecule has 0 bridgehead atoms. The lowest BCUT2D eigenvalue weighted by Gasteiger charge is -2.34. The number of nitrogens with zero attached hydrogens (tertiary/aromatic N) is 1. The van der Waals surface area contributed by atoms with Crippen molar-refractivity contribution >= 4 is 11.8 Å². The van der Waals surface area contributed by atoms with Crippen molar-refractivity contribution in [2.75, 3.05) is 18.4 Å². The molecule has 22 heavy (non-hydrogen) atoms. The van der Waals surface area contributed by atoms with Gasteiger partial charge in [0.2, 0.25) is 0 Å². The van der Waals surface area contributed by atoms with Gasteiger partial charge in [-0.1, -0.05) is 0 Å². The summed E-state index contributed by atoms with van der Waals surface area (Å²) in [5.74, 6) is 0.296. The molecule has 1 aromatic carbocycles. The molecule has 1 aliphatic heterocycles. The smallest absolute Gasteiger partial charge is 0.410 e. The SMILES string of the molecule is Cc1cc(NC2CCCN(C(=O)OC(C)(C)C)C2)ccc1O. The Morgan fingerprint density at radius 1 is 1.41 bits per heavy atom. The molecule has 1 unspecified atom stereocenters. The third kappa shape index (κ3) is 4.55. The van der Waals surface area contributed by atoms with E-state index in [-0.39, 0.29) is 12.1 Å². The lowest BCUT2D eigenvalue weighted by molar-refractivity contribution is 0.0206. The number of phenols is 1. The number of anilines is 1. The van der Waals surface area contributed by atoms with Gasteiger partial charge in [-0.15, -0.1) is 0 Å². The zero-order valence-corrected chi connectivity index (χ0v) is 13.8. The number of hydrogen-bond acceptors (Lipinski definition) is 4. The molecule has 1 atom stereocenters. The molecule has 2 rings (SSSR count). The number of aromatic hydroxyl groups is 1. The summed E-state index contributed by atoms with van der Waals surface area (Å²) in [7, 11) is 0. The predicted octanol–water partition coefficient (Wildman–Crippen LogP) is 3.51. The van der Waals surface area contributed by atoms with Gasteiger partial charge in [0.15, 0.2) is 0 Å². The number of piperidine rings is 1. The number of carbonyl (C=O) groups excluding carboxylic acids is 1. The number of rotatable bonds is 2. The maximum Gasteiger partial charge on any atom is 0.410 e. The lowest BCUT2D eigenvalue weighted by atomic mass is 10.1. The first-order valence-electron chi connectivity index (χ1n) is 7.79. The number of phenolic OH excluding ortho intramolecular Hbond substituents is 1. The summed E-state index contributed by atoms with van der Waals surface area (Å²) in [6.45, 7) is 8.88. The van der Waals surface area contributed by atoms with Crippen LogP contribution in [0.25, 0.3) is 0 Å². The maximum absolute atomic E-state index is 12.2.